The first-order valence-electron chi connectivity index (χ1n) is 9.60. The molecule has 1 aliphatic rings. The Balaban J connectivity index is 1.55. The van der Waals surface area contributed by atoms with Crippen molar-refractivity contribution in [2.24, 2.45) is 5.92 Å². The number of carbonyl (C=O) groups is 1. The number of halogens is 3. The van der Waals surface area contributed by atoms with Gasteiger partial charge in [-0.05, 0) is 42.7 Å². The predicted molar refractivity (Wildman–Crippen MR) is 112 cm³/mol. The van der Waals surface area contributed by atoms with Crippen molar-refractivity contribution in [3.05, 3.63) is 53.7 Å². The van der Waals surface area contributed by atoms with Gasteiger partial charge in [0, 0.05) is 36.6 Å². The molecule has 6 nitrogen and oxygen atoms in total. The van der Waals surface area contributed by atoms with E-state index in [9.17, 15) is 18.0 Å². The molecule has 162 valence electrons. The molecule has 0 bridgehead atoms. The van der Waals surface area contributed by atoms with Crippen molar-refractivity contribution in [1.82, 2.24) is 9.97 Å². The lowest BCUT2D eigenvalue weighted by Gasteiger charge is -2.20. The number of hydrogen-bond donors (Lipinski definition) is 1. The number of carbonyl (C=O) groups excluding carboxylic acids is 1. The molecule has 1 amide bonds. The molecule has 0 unspecified atom stereocenters. The van der Waals surface area contributed by atoms with Crippen LogP contribution in [0.15, 0.2) is 48.1 Å². The smallest absolute Gasteiger partial charge is 0.406 e. The van der Waals surface area contributed by atoms with E-state index >= 15 is 0 Å². The van der Waals surface area contributed by atoms with Crippen LogP contribution in [0.2, 0.25) is 0 Å². The van der Waals surface area contributed by atoms with Gasteiger partial charge in [0.1, 0.15) is 16.6 Å². The van der Waals surface area contributed by atoms with Gasteiger partial charge < -0.3 is 15.0 Å². The third-order valence-electron chi connectivity index (χ3n) is 4.86. The Kier molecular flexibility index (Phi) is 5.81. The van der Waals surface area contributed by atoms with Crippen molar-refractivity contribution in [3.63, 3.8) is 0 Å². The summed E-state index contributed by atoms with van der Waals surface area (Å²) in [4.78, 5) is 23.9. The normalized spacial score (nSPS) is 16.4. The lowest BCUT2D eigenvalue weighted by molar-refractivity contribution is -0.274. The second kappa shape index (κ2) is 8.54. The van der Waals surface area contributed by atoms with Crippen LogP contribution >= 0.6 is 11.3 Å². The molecule has 1 fully saturated rings. The fraction of sp³-hybridized carbons (Fsp3) is 0.286. The molecule has 0 saturated carbocycles. The Morgan fingerprint density at radius 1 is 1.26 bits per heavy atom. The van der Waals surface area contributed by atoms with Crippen LogP contribution in [0, 0.1) is 5.92 Å². The first kappa shape index (κ1) is 21.1. The van der Waals surface area contributed by atoms with E-state index in [0.29, 0.717) is 17.2 Å². The molecule has 3 heterocycles. The van der Waals surface area contributed by atoms with Crippen molar-refractivity contribution >= 4 is 28.7 Å². The zero-order valence-electron chi connectivity index (χ0n) is 16.5. The van der Waals surface area contributed by atoms with Gasteiger partial charge in [-0.2, -0.15) is 0 Å². The highest BCUT2D eigenvalue weighted by molar-refractivity contribution is 7.13. The van der Waals surface area contributed by atoms with Gasteiger partial charge in [0.15, 0.2) is 0 Å². The number of nitrogens with zero attached hydrogens (tertiary/aromatic N) is 3. The number of amides is 1. The molecule has 0 radical (unpaired) electrons. The Morgan fingerprint density at radius 2 is 2.03 bits per heavy atom. The maximum Gasteiger partial charge on any atom is 0.573 e. The number of aromatic nitrogens is 2. The fourth-order valence-electron chi connectivity index (χ4n) is 3.42. The number of pyridine rings is 1. The first-order chi connectivity index (χ1) is 14.8. The van der Waals surface area contributed by atoms with E-state index in [2.05, 4.69) is 31.8 Å². The quantitative estimate of drug-likeness (QED) is 0.581. The Hall–Kier alpha value is -3.14. The number of rotatable bonds is 5. The van der Waals surface area contributed by atoms with Crippen LogP contribution in [0.5, 0.6) is 5.75 Å². The summed E-state index contributed by atoms with van der Waals surface area (Å²) in [5.41, 5.74) is 1.45. The minimum Gasteiger partial charge on any atom is -0.406 e. The molecule has 1 aliphatic heterocycles. The molecule has 0 aliphatic carbocycles. The van der Waals surface area contributed by atoms with Crippen molar-refractivity contribution in [3.8, 4) is 16.3 Å². The highest BCUT2D eigenvalue weighted by Gasteiger charge is 2.31. The second-order valence-corrected chi connectivity index (χ2v) is 8.19. The molecule has 2 aromatic heterocycles. The van der Waals surface area contributed by atoms with Crippen LogP contribution in [0.25, 0.3) is 10.6 Å². The number of hydrogen-bond acceptors (Lipinski definition) is 6. The van der Waals surface area contributed by atoms with Crippen LogP contribution in [-0.2, 0) is 0 Å². The summed E-state index contributed by atoms with van der Waals surface area (Å²) < 4.78 is 40.7. The highest BCUT2D eigenvalue weighted by Crippen LogP contribution is 2.34. The number of benzene rings is 1. The number of alkyl halides is 3. The molecule has 1 N–H and O–H groups in total. The highest BCUT2D eigenvalue weighted by atomic mass is 32.1. The number of ether oxygens (including phenoxy) is 1. The average molecular weight is 448 g/mol. The predicted octanol–water partition coefficient (Wildman–Crippen LogP) is 5.20. The molecule has 0 spiro atoms. The fourth-order valence-corrected chi connectivity index (χ4v) is 4.07. The van der Waals surface area contributed by atoms with Gasteiger partial charge in [-0.25, -0.2) is 9.97 Å². The zero-order chi connectivity index (χ0) is 22.0. The summed E-state index contributed by atoms with van der Waals surface area (Å²) in [5.74, 6) is 0.585. The number of nitrogens with one attached hydrogen (secondary N) is 1. The van der Waals surface area contributed by atoms with E-state index < -0.39 is 12.3 Å². The summed E-state index contributed by atoms with van der Waals surface area (Å²) in [5, 5.41) is 5.30. The minimum atomic E-state index is -4.77. The van der Waals surface area contributed by atoms with Crippen molar-refractivity contribution in [2.45, 2.75) is 19.7 Å². The van der Waals surface area contributed by atoms with E-state index in [1.165, 1.54) is 29.7 Å². The van der Waals surface area contributed by atoms with Crippen LogP contribution in [0.4, 0.5) is 24.7 Å². The maximum absolute atomic E-state index is 12.7. The summed E-state index contributed by atoms with van der Waals surface area (Å²) in [6.07, 6.45) is -0.480. The third-order valence-corrected chi connectivity index (χ3v) is 5.67. The third kappa shape index (κ3) is 5.13. The molecule has 10 heteroatoms. The summed E-state index contributed by atoms with van der Waals surface area (Å²) in [6.45, 7) is 3.98. The van der Waals surface area contributed by atoms with E-state index in [1.807, 2.05) is 5.38 Å². The van der Waals surface area contributed by atoms with Gasteiger partial charge in [0.2, 0.25) is 0 Å². The molecular weight excluding hydrogens is 429 g/mol. The minimum absolute atomic E-state index is 0.330. The second-order valence-electron chi connectivity index (χ2n) is 7.30. The lowest BCUT2D eigenvalue weighted by Crippen LogP contribution is -2.22. The molecule has 4 rings (SSSR count). The largest absolute Gasteiger partial charge is 0.573 e. The summed E-state index contributed by atoms with van der Waals surface area (Å²) in [7, 11) is 0. The molecular formula is C21H19F3N4O2S. The molecule has 1 saturated heterocycles. The van der Waals surface area contributed by atoms with Gasteiger partial charge in [-0.3, -0.25) is 4.79 Å². The van der Waals surface area contributed by atoms with Gasteiger partial charge in [0.05, 0.1) is 11.1 Å². The van der Waals surface area contributed by atoms with Gasteiger partial charge in [0.25, 0.3) is 5.91 Å². The maximum atomic E-state index is 12.7. The first-order valence-corrected chi connectivity index (χ1v) is 10.5. The van der Waals surface area contributed by atoms with E-state index in [-0.39, 0.29) is 5.75 Å². The average Bonchev–Trinajstić information content (AvgIpc) is 3.40. The lowest BCUT2D eigenvalue weighted by atomic mass is 10.1. The number of thiazole rings is 1. The summed E-state index contributed by atoms with van der Waals surface area (Å²) >= 11 is 1.46. The van der Waals surface area contributed by atoms with Crippen LogP contribution < -0.4 is 15.0 Å². The van der Waals surface area contributed by atoms with Gasteiger partial charge >= 0.3 is 6.36 Å². The zero-order valence-corrected chi connectivity index (χ0v) is 17.3. The van der Waals surface area contributed by atoms with Crippen molar-refractivity contribution in [2.75, 3.05) is 23.3 Å². The topological polar surface area (TPSA) is 67.4 Å². The Labute approximate surface area is 180 Å². The van der Waals surface area contributed by atoms with Crippen LogP contribution in [0.1, 0.15) is 23.7 Å². The molecule has 3 aromatic rings. The number of anilines is 2. The van der Waals surface area contributed by atoms with Gasteiger partial charge in [-0.1, -0.05) is 6.92 Å². The SMILES string of the molecule is C[C@@H]1CCN(c2ncc(C(=O)Nc3ccc(OC(F)(F)F)cc3)cc2-c2nccs2)C1. The molecule has 31 heavy (non-hydrogen) atoms. The standard InChI is InChI=1S/C21H19F3N4O2S/c1-13-6-8-28(12-13)18-17(20-25-7-9-31-20)10-14(11-26-18)19(29)27-15-2-4-16(5-3-15)30-21(22,23)24/h2-5,7,9-11,13H,6,8,12H2,1H3,(H,27,29)/t13-/m1/s1. The van der Waals surface area contributed by atoms with Crippen LogP contribution in [0.3, 0.4) is 0 Å². The molecule has 1 aromatic carbocycles. The summed E-state index contributed by atoms with van der Waals surface area (Å²) in [6, 6.07) is 6.71. The molecule has 1 atom stereocenters. The van der Waals surface area contributed by atoms with Crippen molar-refractivity contribution < 1.29 is 22.7 Å². The van der Waals surface area contributed by atoms with E-state index in [0.717, 1.165) is 48.0 Å². The Morgan fingerprint density at radius 3 is 2.65 bits per heavy atom. The van der Waals surface area contributed by atoms with E-state index in [4.69, 9.17) is 0 Å². The Bertz CT molecular complexity index is 1060. The van der Waals surface area contributed by atoms with Gasteiger partial charge in [-0.15, -0.1) is 24.5 Å². The van der Waals surface area contributed by atoms with Crippen molar-refractivity contribution in [1.29, 1.82) is 0 Å². The monoisotopic (exact) mass is 448 g/mol. The van der Waals surface area contributed by atoms with Crippen LogP contribution in [-0.4, -0.2) is 35.3 Å². The van der Waals surface area contributed by atoms with E-state index in [1.54, 1.807) is 12.3 Å².